The number of aliphatic hydroxyl groups excluding tert-OH is 1. The minimum atomic E-state index is -0.901. The van der Waals surface area contributed by atoms with Gasteiger partial charge in [0.2, 0.25) is 0 Å². The van der Waals surface area contributed by atoms with Gasteiger partial charge in [0.1, 0.15) is 0 Å². The van der Waals surface area contributed by atoms with Gasteiger partial charge in [-0.25, -0.2) is 0 Å². The Bertz CT molecular complexity index is 452. The maximum atomic E-state index is 11.1. The summed E-state index contributed by atoms with van der Waals surface area (Å²) in [5.41, 5.74) is -1.81. The molecule has 2 saturated carbocycles. The zero-order valence-corrected chi connectivity index (χ0v) is 15.6. The molecule has 0 spiro atoms. The van der Waals surface area contributed by atoms with Crippen molar-refractivity contribution in [2.45, 2.75) is 90.4 Å². The fraction of sp³-hybridized carbons (Fsp3) is 0.900. The molecule has 0 aliphatic heterocycles. The second kappa shape index (κ2) is 5.86. The Hall–Kier alpha value is -0.380. The van der Waals surface area contributed by atoms with Crippen LogP contribution in [0.1, 0.15) is 73.1 Å². The Labute approximate surface area is 141 Å². The van der Waals surface area contributed by atoms with E-state index in [0.29, 0.717) is 12.8 Å². The average Bonchev–Trinajstić information content (AvgIpc) is 2.34. The lowest BCUT2D eigenvalue weighted by Gasteiger charge is -2.63. The molecule has 2 aliphatic rings. The first-order chi connectivity index (χ1) is 10.4. The highest BCUT2D eigenvalue weighted by atomic mass is 16.3. The molecule has 0 bridgehead atoms. The van der Waals surface area contributed by atoms with Gasteiger partial charge in [-0.3, -0.25) is 0 Å². The van der Waals surface area contributed by atoms with Crippen LogP contribution in [0.5, 0.6) is 0 Å². The fourth-order valence-electron chi connectivity index (χ4n) is 6.05. The van der Waals surface area contributed by atoms with E-state index in [1.165, 1.54) is 0 Å². The van der Waals surface area contributed by atoms with Crippen molar-refractivity contribution in [1.82, 2.24) is 0 Å². The van der Waals surface area contributed by atoms with E-state index in [4.69, 9.17) is 0 Å². The van der Waals surface area contributed by atoms with Crippen LogP contribution in [0.2, 0.25) is 0 Å². The van der Waals surface area contributed by atoms with E-state index in [2.05, 4.69) is 27.4 Å². The van der Waals surface area contributed by atoms with Gasteiger partial charge in [0.25, 0.3) is 0 Å². The Morgan fingerprint density at radius 3 is 2.39 bits per heavy atom. The van der Waals surface area contributed by atoms with Crippen LogP contribution in [0.4, 0.5) is 0 Å². The second-order valence-electron chi connectivity index (χ2n) is 9.61. The molecule has 2 rings (SSSR count). The molecule has 6 atom stereocenters. The summed E-state index contributed by atoms with van der Waals surface area (Å²) in [5.74, 6) is 0.275. The number of fused-ring (bicyclic) bond motifs is 1. The van der Waals surface area contributed by atoms with Gasteiger partial charge in [0, 0.05) is 6.42 Å². The van der Waals surface area contributed by atoms with Gasteiger partial charge in [0.15, 0.2) is 0 Å². The van der Waals surface area contributed by atoms with E-state index in [1.807, 2.05) is 6.92 Å². The Kier molecular flexibility index (Phi) is 4.83. The molecule has 0 aromatic rings. The molecule has 0 unspecified atom stereocenters. The third kappa shape index (κ3) is 3.38. The lowest BCUT2D eigenvalue weighted by Crippen LogP contribution is -2.62. The van der Waals surface area contributed by atoms with E-state index in [9.17, 15) is 15.3 Å². The second-order valence-corrected chi connectivity index (χ2v) is 9.61. The van der Waals surface area contributed by atoms with Gasteiger partial charge in [-0.1, -0.05) is 33.3 Å². The standard InChI is InChI=1S/C20H36O3/c1-7-18(4,22)12-9-15-19(5)11-8-10-17(2,3)16(19)14(21)13-20(15,6)23/h7,14-16,21-23H,1,8-13H2,2-6H3/t14-,15+,16-,18-,19+,20+/m0/s1. The molecule has 134 valence electrons. The normalized spacial score (nSPS) is 45.8. The molecule has 0 aromatic heterocycles. The van der Waals surface area contributed by atoms with Gasteiger partial charge in [-0.05, 0) is 62.2 Å². The first-order valence-corrected chi connectivity index (χ1v) is 9.12. The van der Waals surface area contributed by atoms with E-state index >= 15 is 0 Å². The van der Waals surface area contributed by atoms with Crippen molar-refractivity contribution in [3.63, 3.8) is 0 Å². The molecule has 0 radical (unpaired) electrons. The Morgan fingerprint density at radius 2 is 1.83 bits per heavy atom. The number of rotatable bonds is 4. The van der Waals surface area contributed by atoms with Crippen LogP contribution in [0.25, 0.3) is 0 Å². The molecule has 0 aromatic carbocycles. The van der Waals surface area contributed by atoms with Crippen molar-refractivity contribution >= 4 is 0 Å². The molecule has 0 saturated heterocycles. The lowest BCUT2D eigenvalue weighted by molar-refractivity contribution is -0.216. The first kappa shape index (κ1) is 19.0. The van der Waals surface area contributed by atoms with Gasteiger partial charge >= 0.3 is 0 Å². The maximum absolute atomic E-state index is 11.1. The first-order valence-electron chi connectivity index (χ1n) is 9.12. The van der Waals surface area contributed by atoms with Crippen molar-refractivity contribution in [2.24, 2.45) is 22.7 Å². The summed E-state index contributed by atoms with van der Waals surface area (Å²) >= 11 is 0. The highest BCUT2D eigenvalue weighted by molar-refractivity contribution is 5.11. The minimum Gasteiger partial charge on any atom is -0.393 e. The fourth-order valence-corrected chi connectivity index (χ4v) is 6.05. The van der Waals surface area contributed by atoms with Gasteiger partial charge in [0.05, 0.1) is 17.3 Å². The molecule has 23 heavy (non-hydrogen) atoms. The topological polar surface area (TPSA) is 60.7 Å². The average molecular weight is 325 g/mol. The zero-order chi connectivity index (χ0) is 17.7. The van der Waals surface area contributed by atoms with Crippen LogP contribution in [-0.2, 0) is 0 Å². The maximum Gasteiger partial charge on any atom is 0.0797 e. The van der Waals surface area contributed by atoms with Gasteiger partial charge < -0.3 is 15.3 Å². The van der Waals surface area contributed by atoms with Crippen molar-refractivity contribution in [3.8, 4) is 0 Å². The van der Waals surface area contributed by atoms with Crippen molar-refractivity contribution in [1.29, 1.82) is 0 Å². The van der Waals surface area contributed by atoms with E-state index in [0.717, 1.165) is 25.7 Å². The quantitative estimate of drug-likeness (QED) is 0.692. The van der Waals surface area contributed by atoms with E-state index in [-0.39, 0.29) is 22.7 Å². The molecule has 3 heteroatoms. The zero-order valence-electron chi connectivity index (χ0n) is 15.6. The summed E-state index contributed by atoms with van der Waals surface area (Å²) in [6.45, 7) is 14.1. The minimum absolute atomic E-state index is 0.0781. The predicted molar refractivity (Wildman–Crippen MR) is 94.0 cm³/mol. The molecule has 0 heterocycles. The molecular formula is C20H36O3. The largest absolute Gasteiger partial charge is 0.393 e. The summed E-state index contributed by atoms with van der Waals surface area (Å²) in [6, 6.07) is 0. The van der Waals surface area contributed by atoms with Crippen LogP contribution in [0.15, 0.2) is 12.7 Å². The third-order valence-electron chi connectivity index (χ3n) is 7.02. The smallest absolute Gasteiger partial charge is 0.0797 e. The summed E-state index contributed by atoms with van der Waals surface area (Å²) in [5, 5.41) is 32.2. The Morgan fingerprint density at radius 1 is 1.22 bits per heavy atom. The molecular weight excluding hydrogens is 288 g/mol. The SMILES string of the molecule is C=C[C@](C)(O)CC[C@@H]1[C@@]2(C)CCCC(C)(C)[C@@H]2[C@@H](O)C[C@@]1(C)O. The van der Waals surface area contributed by atoms with Crippen LogP contribution < -0.4 is 0 Å². The van der Waals surface area contributed by atoms with Crippen LogP contribution in [-0.4, -0.2) is 32.6 Å². The molecule has 2 fully saturated rings. The van der Waals surface area contributed by atoms with E-state index < -0.39 is 17.3 Å². The number of hydrogen-bond donors (Lipinski definition) is 3. The van der Waals surface area contributed by atoms with Crippen molar-refractivity contribution in [3.05, 3.63) is 12.7 Å². The number of aliphatic hydroxyl groups is 3. The third-order valence-corrected chi connectivity index (χ3v) is 7.02. The lowest BCUT2D eigenvalue weighted by atomic mass is 9.44. The van der Waals surface area contributed by atoms with Crippen LogP contribution >= 0.6 is 0 Å². The van der Waals surface area contributed by atoms with Crippen LogP contribution in [0.3, 0.4) is 0 Å². The summed E-state index contributed by atoms with van der Waals surface area (Å²) in [6.07, 6.45) is 6.21. The Balaban J connectivity index is 2.35. The van der Waals surface area contributed by atoms with Gasteiger partial charge in [-0.2, -0.15) is 0 Å². The van der Waals surface area contributed by atoms with Crippen molar-refractivity contribution < 1.29 is 15.3 Å². The van der Waals surface area contributed by atoms with Gasteiger partial charge in [-0.15, -0.1) is 6.58 Å². The number of hydrogen-bond acceptors (Lipinski definition) is 3. The van der Waals surface area contributed by atoms with E-state index in [1.54, 1.807) is 13.0 Å². The summed E-state index contributed by atoms with van der Waals surface area (Å²) < 4.78 is 0. The highest BCUT2D eigenvalue weighted by Crippen LogP contribution is 2.63. The summed E-state index contributed by atoms with van der Waals surface area (Å²) in [4.78, 5) is 0. The highest BCUT2D eigenvalue weighted by Gasteiger charge is 2.61. The van der Waals surface area contributed by atoms with Crippen molar-refractivity contribution in [2.75, 3.05) is 0 Å². The monoisotopic (exact) mass is 324 g/mol. The molecule has 0 amide bonds. The summed E-state index contributed by atoms with van der Waals surface area (Å²) in [7, 11) is 0. The van der Waals surface area contributed by atoms with Crippen LogP contribution in [0, 0.1) is 22.7 Å². The molecule has 3 N–H and O–H groups in total. The predicted octanol–water partition coefficient (Wildman–Crippen LogP) is 3.67. The molecule has 3 nitrogen and oxygen atoms in total. The molecule has 2 aliphatic carbocycles.